The van der Waals surface area contributed by atoms with E-state index in [-0.39, 0.29) is 0 Å². The van der Waals surface area contributed by atoms with Crippen molar-refractivity contribution in [3.05, 3.63) is 539 Å². The van der Waals surface area contributed by atoms with Crippen LogP contribution in [0.1, 0.15) is 11.1 Å². The molecule has 0 aliphatic rings. The second-order valence-electron chi connectivity index (χ2n) is 37.6. The number of aryl methyl sites for hydroxylation is 2. The largest absolute Gasteiger partial charge is 0.208 e. The Bertz CT molecular complexity index is 9670. The first kappa shape index (κ1) is 89.7. The molecule has 3 aromatic heterocycles. The normalized spacial score (nSPS) is 11.3. The second kappa shape index (κ2) is 39.7. The van der Waals surface area contributed by atoms with Crippen molar-refractivity contribution >= 4 is 86.2 Å². The van der Waals surface area contributed by atoms with Crippen LogP contribution in [0.15, 0.2) is 528 Å². The zero-order valence-electron chi connectivity index (χ0n) is 81.3. The molecule has 9 heteroatoms. The third kappa shape index (κ3) is 18.2. The summed E-state index contributed by atoms with van der Waals surface area (Å²) in [4.78, 5) is 46.3. The number of fused-ring (bicyclic) bond motifs is 11. The molecule has 0 fully saturated rings. The van der Waals surface area contributed by atoms with E-state index in [1.807, 2.05) is 24.3 Å². The van der Waals surface area contributed by atoms with Gasteiger partial charge < -0.3 is 0 Å². The van der Waals surface area contributed by atoms with Gasteiger partial charge in [-0.3, -0.25) is 0 Å². The zero-order chi connectivity index (χ0) is 98.7. The van der Waals surface area contributed by atoms with Crippen molar-refractivity contribution in [2.45, 2.75) is 13.8 Å². The summed E-state index contributed by atoms with van der Waals surface area (Å²) in [6.45, 7) is 4.18. The monoisotopic (exact) mass is 1890 g/mol. The fraction of sp³-hybridized carbons (Fsp3) is 0.0144. The van der Waals surface area contributed by atoms with Crippen molar-refractivity contribution in [3.63, 3.8) is 0 Å². The first-order valence-electron chi connectivity index (χ1n) is 50.1. The van der Waals surface area contributed by atoms with E-state index < -0.39 is 0 Å². The van der Waals surface area contributed by atoms with Crippen molar-refractivity contribution in [1.29, 1.82) is 0 Å². The molecule has 24 aromatic carbocycles. The van der Waals surface area contributed by atoms with Crippen LogP contribution >= 0.6 is 0 Å². The van der Waals surface area contributed by atoms with E-state index in [1.54, 1.807) is 0 Å². The van der Waals surface area contributed by atoms with Gasteiger partial charge in [-0.15, -0.1) is 0 Å². The average Bonchev–Trinajstić information content (AvgIpc) is 0.757. The lowest BCUT2D eigenvalue weighted by Crippen LogP contribution is -2.01. The van der Waals surface area contributed by atoms with Gasteiger partial charge in [0.05, 0.1) is 0 Å². The van der Waals surface area contributed by atoms with Crippen LogP contribution < -0.4 is 0 Å². The van der Waals surface area contributed by atoms with Crippen LogP contribution in [0.5, 0.6) is 0 Å². The van der Waals surface area contributed by atoms with Crippen LogP contribution in [0.4, 0.5) is 0 Å². The molecule has 3 heterocycles. The van der Waals surface area contributed by atoms with Crippen LogP contribution in [-0.4, -0.2) is 44.9 Å². The molecule has 0 atom stereocenters. The molecule has 27 aromatic rings. The fourth-order valence-electron chi connectivity index (χ4n) is 20.6. The predicted octanol–water partition coefficient (Wildman–Crippen LogP) is 36.1. The Labute approximate surface area is 858 Å². The first-order chi connectivity index (χ1) is 73.1. The number of hydrogen-bond donors (Lipinski definition) is 0. The summed E-state index contributed by atoms with van der Waals surface area (Å²) in [6.07, 6.45) is 0. The van der Waals surface area contributed by atoms with Crippen LogP contribution in [0.25, 0.3) is 267 Å². The third-order valence-corrected chi connectivity index (χ3v) is 28.0. The minimum atomic E-state index is 0.627. The molecule has 0 unspecified atom stereocenters. The summed E-state index contributed by atoms with van der Waals surface area (Å²) >= 11 is 0. The van der Waals surface area contributed by atoms with Crippen LogP contribution in [-0.2, 0) is 0 Å². The van der Waals surface area contributed by atoms with E-state index in [9.17, 15) is 0 Å². The molecule has 9 nitrogen and oxygen atoms in total. The highest BCUT2D eigenvalue weighted by molar-refractivity contribution is 6.17. The maximum Gasteiger partial charge on any atom is 0.164 e. The summed E-state index contributed by atoms with van der Waals surface area (Å²) in [5, 5.41) is 19.3. The van der Waals surface area contributed by atoms with Crippen molar-refractivity contribution < 1.29 is 0 Å². The Hall–Kier alpha value is -19.6. The van der Waals surface area contributed by atoms with E-state index in [2.05, 4.69) is 517 Å². The summed E-state index contributed by atoms with van der Waals surface area (Å²) < 4.78 is 0. The van der Waals surface area contributed by atoms with Gasteiger partial charge in [0.2, 0.25) is 0 Å². The van der Waals surface area contributed by atoms with E-state index in [0.29, 0.717) is 52.4 Å². The molecule has 0 radical (unpaired) electrons. The van der Waals surface area contributed by atoms with Gasteiger partial charge in [-0.05, 0) is 251 Å². The molecular formula is C139H93N9. The van der Waals surface area contributed by atoms with Gasteiger partial charge in [-0.25, -0.2) is 44.9 Å². The van der Waals surface area contributed by atoms with E-state index in [4.69, 9.17) is 44.9 Å². The lowest BCUT2D eigenvalue weighted by Gasteiger charge is -2.15. The zero-order valence-corrected chi connectivity index (χ0v) is 81.3. The fourth-order valence-corrected chi connectivity index (χ4v) is 20.6. The van der Waals surface area contributed by atoms with Crippen molar-refractivity contribution in [3.8, 4) is 180 Å². The van der Waals surface area contributed by atoms with Crippen molar-refractivity contribution in [2.24, 2.45) is 0 Å². The van der Waals surface area contributed by atoms with E-state index in [0.717, 1.165) is 116 Å². The van der Waals surface area contributed by atoms with Crippen molar-refractivity contribution in [1.82, 2.24) is 44.9 Å². The Morgan fingerprint density at radius 1 is 0.101 bits per heavy atom. The molecule has 0 aliphatic heterocycles. The Balaban J connectivity index is 0.000000116. The van der Waals surface area contributed by atoms with Crippen molar-refractivity contribution in [2.75, 3.05) is 0 Å². The number of benzene rings is 24. The van der Waals surface area contributed by atoms with Gasteiger partial charge >= 0.3 is 0 Å². The smallest absolute Gasteiger partial charge is 0.164 e. The van der Waals surface area contributed by atoms with Gasteiger partial charge in [0.15, 0.2) is 52.4 Å². The number of rotatable bonds is 16. The lowest BCUT2D eigenvalue weighted by atomic mass is 9.90. The number of aromatic nitrogens is 9. The Morgan fingerprint density at radius 2 is 0.318 bits per heavy atom. The number of nitrogens with zero attached hydrogens (tertiary/aromatic N) is 9. The Morgan fingerprint density at radius 3 is 0.716 bits per heavy atom. The summed E-state index contributed by atoms with van der Waals surface area (Å²) in [6, 6.07) is 186. The maximum absolute atomic E-state index is 5.27. The molecule has 0 saturated carbocycles. The first-order valence-corrected chi connectivity index (χ1v) is 50.1. The molecule has 27 rings (SSSR count). The summed E-state index contributed by atoms with van der Waals surface area (Å²) in [7, 11) is 0. The van der Waals surface area contributed by atoms with Crippen LogP contribution in [0.3, 0.4) is 0 Å². The molecule has 0 N–H and O–H groups in total. The topological polar surface area (TPSA) is 116 Å². The minimum absolute atomic E-state index is 0.627. The highest BCUT2D eigenvalue weighted by Gasteiger charge is 2.24. The molecule has 0 saturated heterocycles. The lowest BCUT2D eigenvalue weighted by molar-refractivity contribution is 1.07. The van der Waals surface area contributed by atoms with Gasteiger partial charge in [0.1, 0.15) is 0 Å². The van der Waals surface area contributed by atoms with Gasteiger partial charge in [-0.2, -0.15) is 0 Å². The molecule has 0 bridgehead atoms. The van der Waals surface area contributed by atoms with Gasteiger partial charge in [0, 0.05) is 50.1 Å². The van der Waals surface area contributed by atoms with Crippen LogP contribution in [0, 0.1) is 13.8 Å². The summed E-state index contributed by atoms with van der Waals surface area (Å²) in [5.41, 5.74) is 26.8. The maximum atomic E-state index is 5.27. The Kier molecular flexibility index (Phi) is 24.1. The predicted molar refractivity (Wildman–Crippen MR) is 616 cm³/mol. The molecular weight excluding hydrogens is 1800 g/mol. The molecule has 694 valence electrons. The third-order valence-electron chi connectivity index (χ3n) is 28.0. The van der Waals surface area contributed by atoms with Crippen LogP contribution in [0.2, 0.25) is 0 Å². The highest BCUT2D eigenvalue weighted by atomic mass is 15.1. The van der Waals surface area contributed by atoms with Gasteiger partial charge in [-0.1, -0.05) is 466 Å². The number of hydrogen-bond acceptors (Lipinski definition) is 9. The molecule has 148 heavy (non-hydrogen) atoms. The molecule has 0 amide bonds. The highest BCUT2D eigenvalue weighted by Crippen LogP contribution is 2.45. The minimum Gasteiger partial charge on any atom is -0.208 e. The molecule has 0 aliphatic carbocycles. The van der Waals surface area contributed by atoms with E-state index in [1.165, 1.54) is 109 Å². The SMILES string of the molecule is Cc1ccc(-c2nc(-c3ccc(C)cc3)nc(-c3cc(-c4ccccc4)cc(-c4cc5ccccc5c5ccccc45)c3)n2)cc1.c1ccc(-c2cc(-c3nc(-c4ccccc4)nc(-c4cc5ccccc5c5ccccc45)n3)cc(-c3cccc4ccccc34)c2)cc1.c1ccc(-c2cccc(-c3nc(-c4cccc(-c5cccc6ccccc56)c4)nc(-c4cccc(-c5cc6ccccc6c6ccccc56)c4)n3)c2)cc1. The average molecular weight is 1890 g/mol. The van der Waals surface area contributed by atoms with Gasteiger partial charge in [0.25, 0.3) is 0 Å². The standard InChI is InChI=1S/C51H33N3.C45H29N3.C43H31N3/c1-2-14-34(15-3-1)36-19-10-22-40(30-36)49-52-50(41-23-11-20-37(31-41)44-29-13-18-35-16-4-6-25-43(35)44)54-51(53-49)42-24-12-21-38(32-42)48-33-39-17-5-7-26-45(39)46-27-8-9-28-47(46)48;1-3-14-30(15-4-1)34-26-35(39-25-13-20-31-16-7-9-21-37(31)39)28-36(27-34)44-46-43(32-17-5-2-6-18-32)47-45(48-44)42-29-33-19-8-10-22-38(33)40-23-11-12-24-41(40)42;1-28-16-20-31(21-17-28)41-44-42(32-22-18-29(2)19-23-32)46-43(45-41)36-25-34(30-10-4-3-5-11-30)24-35(26-36)40-27-33-12-6-7-13-37(33)38-14-8-9-15-39(38)40/h1-33H;1-29H;3-27H,1-2H3. The molecule has 0 spiro atoms. The second-order valence-corrected chi connectivity index (χ2v) is 37.6. The van der Waals surface area contributed by atoms with E-state index >= 15 is 0 Å². The quantitative estimate of drug-likeness (QED) is 0.0872. The summed E-state index contributed by atoms with van der Waals surface area (Å²) in [5.74, 6) is 5.77.